The zero-order valence-electron chi connectivity index (χ0n) is 12.7. The van der Waals surface area contributed by atoms with Gasteiger partial charge in [0.2, 0.25) is 5.91 Å². The molecule has 0 aliphatic rings. The lowest BCUT2D eigenvalue weighted by atomic mass is 10.1. The number of hydrogen-bond donors (Lipinski definition) is 3. The summed E-state index contributed by atoms with van der Waals surface area (Å²) < 4.78 is 0. The minimum absolute atomic E-state index is 0.0451. The summed E-state index contributed by atoms with van der Waals surface area (Å²) in [5, 5.41) is 14.8. The first-order valence-corrected chi connectivity index (χ1v) is 7.31. The van der Waals surface area contributed by atoms with Gasteiger partial charge in [0.05, 0.1) is 6.42 Å². The van der Waals surface area contributed by atoms with Crippen molar-refractivity contribution in [3.05, 3.63) is 35.4 Å². The number of carboxylic acid groups (broad SMARTS) is 1. The molecule has 0 spiro atoms. The summed E-state index contributed by atoms with van der Waals surface area (Å²) in [5.41, 5.74) is 1.87. The molecule has 5 heteroatoms. The van der Waals surface area contributed by atoms with E-state index in [4.69, 9.17) is 5.11 Å². The quantitative estimate of drug-likeness (QED) is 0.605. The topological polar surface area (TPSA) is 78.4 Å². The Morgan fingerprint density at radius 3 is 2.38 bits per heavy atom. The molecule has 1 atom stereocenters. The number of nitrogens with one attached hydrogen (secondary N) is 2. The third-order valence-electron chi connectivity index (χ3n) is 3.26. The van der Waals surface area contributed by atoms with E-state index in [1.807, 2.05) is 38.1 Å². The van der Waals surface area contributed by atoms with Crippen molar-refractivity contribution >= 4 is 11.9 Å². The summed E-state index contributed by atoms with van der Waals surface area (Å²) in [5.74, 6) is -0.762. The van der Waals surface area contributed by atoms with Crippen LogP contribution in [0.3, 0.4) is 0 Å². The molecule has 5 nitrogen and oxygen atoms in total. The fourth-order valence-corrected chi connectivity index (χ4v) is 1.83. The summed E-state index contributed by atoms with van der Waals surface area (Å²) in [6.45, 7) is 5.32. The van der Waals surface area contributed by atoms with Gasteiger partial charge >= 0.3 is 5.97 Å². The van der Waals surface area contributed by atoms with Gasteiger partial charge in [-0.15, -0.1) is 0 Å². The lowest BCUT2D eigenvalue weighted by Crippen LogP contribution is -2.33. The van der Waals surface area contributed by atoms with Gasteiger partial charge < -0.3 is 15.7 Å². The molecular formula is C16H24N2O3. The van der Waals surface area contributed by atoms with Crippen molar-refractivity contribution in [1.29, 1.82) is 0 Å². The van der Waals surface area contributed by atoms with Gasteiger partial charge in [0.1, 0.15) is 0 Å². The summed E-state index contributed by atoms with van der Waals surface area (Å²) in [6, 6.07) is 7.68. The van der Waals surface area contributed by atoms with E-state index in [0.29, 0.717) is 19.5 Å². The lowest BCUT2D eigenvalue weighted by Gasteiger charge is -2.11. The minimum atomic E-state index is -0.826. The molecular weight excluding hydrogens is 268 g/mol. The molecule has 0 bridgehead atoms. The van der Waals surface area contributed by atoms with Crippen molar-refractivity contribution in [1.82, 2.24) is 10.6 Å². The predicted molar refractivity (Wildman–Crippen MR) is 82.0 cm³/mol. The standard InChI is InChI=1S/C16H24N2O3/c1-3-12(2)18-15(19)8-9-17-11-14-6-4-13(5-7-14)10-16(20)21/h4-7,12,17H,3,8-11H2,1-2H3,(H,18,19)(H,20,21). The number of carbonyl (C=O) groups excluding carboxylic acids is 1. The summed E-state index contributed by atoms with van der Waals surface area (Å²) in [6.07, 6.45) is 1.44. The number of aliphatic carboxylic acids is 1. The predicted octanol–water partition coefficient (Wildman–Crippen LogP) is 1.71. The van der Waals surface area contributed by atoms with Crippen LogP contribution in [0.4, 0.5) is 0 Å². The summed E-state index contributed by atoms with van der Waals surface area (Å²) >= 11 is 0. The number of hydrogen-bond acceptors (Lipinski definition) is 3. The third kappa shape index (κ3) is 7.46. The molecule has 0 aliphatic heterocycles. The van der Waals surface area contributed by atoms with E-state index in [1.54, 1.807) is 0 Å². The fraction of sp³-hybridized carbons (Fsp3) is 0.500. The first kappa shape index (κ1) is 17.2. The van der Waals surface area contributed by atoms with Gasteiger partial charge in [-0.3, -0.25) is 9.59 Å². The molecule has 0 heterocycles. The second-order valence-electron chi connectivity index (χ2n) is 5.19. The first-order chi connectivity index (χ1) is 10.0. The van der Waals surface area contributed by atoms with Gasteiger partial charge in [-0.1, -0.05) is 31.2 Å². The van der Waals surface area contributed by atoms with Gasteiger partial charge in [-0.2, -0.15) is 0 Å². The normalized spacial score (nSPS) is 11.9. The Morgan fingerprint density at radius 2 is 1.81 bits per heavy atom. The molecule has 1 aromatic rings. The Bertz CT molecular complexity index is 457. The Morgan fingerprint density at radius 1 is 1.19 bits per heavy atom. The van der Waals surface area contributed by atoms with E-state index in [2.05, 4.69) is 10.6 Å². The minimum Gasteiger partial charge on any atom is -0.481 e. The van der Waals surface area contributed by atoms with Crippen molar-refractivity contribution in [3.63, 3.8) is 0 Å². The Balaban J connectivity index is 2.23. The van der Waals surface area contributed by atoms with Crippen LogP contribution in [0.25, 0.3) is 0 Å². The summed E-state index contributed by atoms with van der Waals surface area (Å²) in [7, 11) is 0. The first-order valence-electron chi connectivity index (χ1n) is 7.31. The van der Waals surface area contributed by atoms with Crippen molar-refractivity contribution in [2.45, 2.75) is 45.7 Å². The zero-order chi connectivity index (χ0) is 15.7. The van der Waals surface area contributed by atoms with Crippen LogP contribution in [0.15, 0.2) is 24.3 Å². The van der Waals surface area contributed by atoms with E-state index in [9.17, 15) is 9.59 Å². The largest absolute Gasteiger partial charge is 0.481 e. The molecule has 0 radical (unpaired) electrons. The van der Waals surface area contributed by atoms with Gasteiger partial charge in [-0.25, -0.2) is 0 Å². The Labute approximate surface area is 125 Å². The van der Waals surface area contributed by atoms with Crippen LogP contribution >= 0.6 is 0 Å². The van der Waals surface area contributed by atoms with Crippen LogP contribution in [0.5, 0.6) is 0 Å². The van der Waals surface area contributed by atoms with Gasteiger partial charge in [0.15, 0.2) is 0 Å². The van der Waals surface area contributed by atoms with E-state index in [1.165, 1.54) is 0 Å². The maximum Gasteiger partial charge on any atom is 0.307 e. The van der Waals surface area contributed by atoms with Crippen LogP contribution < -0.4 is 10.6 Å². The SMILES string of the molecule is CCC(C)NC(=O)CCNCc1ccc(CC(=O)O)cc1. The van der Waals surface area contributed by atoms with Crippen LogP contribution in [-0.2, 0) is 22.6 Å². The molecule has 116 valence electrons. The number of carboxylic acids is 1. The van der Waals surface area contributed by atoms with E-state index in [-0.39, 0.29) is 18.4 Å². The zero-order valence-corrected chi connectivity index (χ0v) is 12.7. The molecule has 1 aromatic carbocycles. The molecule has 0 fully saturated rings. The van der Waals surface area contributed by atoms with Crippen molar-refractivity contribution in [2.75, 3.05) is 6.54 Å². The molecule has 1 amide bonds. The van der Waals surface area contributed by atoms with E-state index in [0.717, 1.165) is 17.5 Å². The fourth-order valence-electron chi connectivity index (χ4n) is 1.83. The van der Waals surface area contributed by atoms with E-state index < -0.39 is 5.97 Å². The average molecular weight is 292 g/mol. The maximum atomic E-state index is 11.6. The van der Waals surface area contributed by atoms with Crippen LogP contribution in [-0.4, -0.2) is 29.6 Å². The van der Waals surface area contributed by atoms with Crippen molar-refractivity contribution in [3.8, 4) is 0 Å². The number of carbonyl (C=O) groups is 2. The van der Waals surface area contributed by atoms with Gasteiger partial charge in [-0.05, 0) is 24.5 Å². The molecule has 0 aliphatic carbocycles. The highest BCUT2D eigenvalue weighted by Gasteiger charge is 2.04. The number of benzene rings is 1. The van der Waals surface area contributed by atoms with Crippen LogP contribution in [0.1, 0.15) is 37.8 Å². The van der Waals surface area contributed by atoms with E-state index >= 15 is 0 Å². The highest BCUT2D eigenvalue weighted by atomic mass is 16.4. The lowest BCUT2D eigenvalue weighted by molar-refractivity contribution is -0.136. The summed E-state index contributed by atoms with van der Waals surface area (Å²) in [4.78, 5) is 22.1. The Kier molecular flexibility index (Phi) is 7.46. The maximum absolute atomic E-state index is 11.6. The highest BCUT2D eigenvalue weighted by Crippen LogP contribution is 2.05. The molecule has 0 saturated heterocycles. The third-order valence-corrected chi connectivity index (χ3v) is 3.26. The van der Waals surface area contributed by atoms with Crippen LogP contribution in [0.2, 0.25) is 0 Å². The molecule has 3 N–H and O–H groups in total. The van der Waals surface area contributed by atoms with Gasteiger partial charge in [0.25, 0.3) is 0 Å². The monoisotopic (exact) mass is 292 g/mol. The highest BCUT2D eigenvalue weighted by molar-refractivity contribution is 5.76. The van der Waals surface area contributed by atoms with Crippen molar-refractivity contribution < 1.29 is 14.7 Å². The second-order valence-corrected chi connectivity index (χ2v) is 5.19. The average Bonchev–Trinajstić information content (AvgIpc) is 2.44. The van der Waals surface area contributed by atoms with Gasteiger partial charge in [0, 0.05) is 25.6 Å². The smallest absolute Gasteiger partial charge is 0.307 e. The molecule has 0 aromatic heterocycles. The molecule has 0 saturated carbocycles. The second kappa shape index (κ2) is 9.13. The van der Waals surface area contributed by atoms with Crippen molar-refractivity contribution in [2.24, 2.45) is 0 Å². The molecule has 1 rings (SSSR count). The number of rotatable bonds is 9. The molecule has 21 heavy (non-hydrogen) atoms. The molecule has 1 unspecified atom stereocenters. The number of amides is 1. The van der Waals surface area contributed by atoms with Crippen LogP contribution in [0, 0.1) is 0 Å². The Hall–Kier alpha value is -1.88.